The molecule has 0 aliphatic carbocycles. The minimum Gasteiger partial charge on any atom is -0.482 e. The molecule has 0 spiro atoms. The lowest BCUT2D eigenvalue weighted by Crippen LogP contribution is -2.50. The predicted octanol–water partition coefficient (Wildman–Crippen LogP) is 5.08. The van der Waals surface area contributed by atoms with E-state index in [0.29, 0.717) is 19.1 Å². The van der Waals surface area contributed by atoms with E-state index in [4.69, 9.17) is 9.47 Å². The fourth-order valence-corrected chi connectivity index (χ4v) is 4.47. The Morgan fingerprint density at radius 3 is 2.42 bits per heavy atom. The standard InChI is InChI=1S/C26H31F3N4O5/c1-25(30-11-12-31-25)18-37-24-7-4-21(16-23(24)33(34)35)32-13-8-19(9-14-32)10-15-36-17-20-2-5-22(6-3-20)38-26(27,28)29/h2-7,11-12,16,19,30-31H,8-10,13-15,17-18H2,1H3. The van der Waals surface area contributed by atoms with Crippen molar-refractivity contribution in [3.05, 3.63) is 70.5 Å². The summed E-state index contributed by atoms with van der Waals surface area (Å²) in [5.41, 5.74) is 0.978. The van der Waals surface area contributed by atoms with Crippen LogP contribution in [0, 0.1) is 16.0 Å². The largest absolute Gasteiger partial charge is 0.573 e. The number of piperidine rings is 1. The van der Waals surface area contributed by atoms with Gasteiger partial charge in [-0.25, -0.2) is 0 Å². The number of anilines is 1. The zero-order chi connectivity index (χ0) is 27.2. The van der Waals surface area contributed by atoms with Gasteiger partial charge in [0, 0.05) is 43.9 Å². The first-order valence-corrected chi connectivity index (χ1v) is 12.4. The summed E-state index contributed by atoms with van der Waals surface area (Å²) >= 11 is 0. The van der Waals surface area contributed by atoms with Gasteiger partial charge < -0.3 is 29.7 Å². The van der Waals surface area contributed by atoms with Gasteiger partial charge in [-0.05, 0) is 61.9 Å². The van der Waals surface area contributed by atoms with Crippen LogP contribution in [0.4, 0.5) is 24.5 Å². The Labute approximate surface area is 218 Å². The van der Waals surface area contributed by atoms with E-state index in [9.17, 15) is 23.3 Å². The van der Waals surface area contributed by atoms with Gasteiger partial charge in [-0.2, -0.15) is 0 Å². The van der Waals surface area contributed by atoms with Crippen molar-refractivity contribution < 1.29 is 32.3 Å². The van der Waals surface area contributed by atoms with Gasteiger partial charge in [0.15, 0.2) is 5.75 Å². The molecule has 2 aliphatic heterocycles. The lowest BCUT2D eigenvalue weighted by Gasteiger charge is -2.33. The van der Waals surface area contributed by atoms with E-state index in [2.05, 4.69) is 20.3 Å². The number of rotatable bonds is 11. The van der Waals surface area contributed by atoms with Gasteiger partial charge in [0.1, 0.15) is 18.0 Å². The SMILES string of the molecule is CC1(COc2ccc(N3CCC(CCOCc4ccc(OC(F)(F)F)cc4)CC3)cc2[N+](=O)[O-])NC=CN1. The molecule has 2 aromatic rings. The van der Waals surface area contributed by atoms with Gasteiger partial charge in [0.25, 0.3) is 0 Å². The molecule has 0 bridgehead atoms. The Morgan fingerprint density at radius 2 is 1.79 bits per heavy atom. The Morgan fingerprint density at radius 1 is 1.11 bits per heavy atom. The van der Waals surface area contributed by atoms with Crippen molar-refractivity contribution in [2.45, 2.75) is 44.8 Å². The number of nitro benzene ring substituents is 1. The van der Waals surface area contributed by atoms with E-state index in [-0.39, 0.29) is 23.8 Å². The van der Waals surface area contributed by atoms with Gasteiger partial charge in [0.2, 0.25) is 0 Å². The zero-order valence-electron chi connectivity index (χ0n) is 21.0. The first-order valence-electron chi connectivity index (χ1n) is 12.4. The second-order valence-corrected chi connectivity index (χ2v) is 9.62. The molecule has 0 amide bonds. The summed E-state index contributed by atoms with van der Waals surface area (Å²) in [6.45, 7) is 4.52. The van der Waals surface area contributed by atoms with Crippen molar-refractivity contribution >= 4 is 11.4 Å². The number of benzene rings is 2. The van der Waals surface area contributed by atoms with Crippen molar-refractivity contribution in [1.29, 1.82) is 0 Å². The molecule has 0 aromatic heterocycles. The third kappa shape index (κ3) is 7.67. The van der Waals surface area contributed by atoms with Gasteiger partial charge >= 0.3 is 12.0 Å². The molecule has 0 atom stereocenters. The minimum absolute atomic E-state index is 0.0643. The van der Waals surface area contributed by atoms with E-state index >= 15 is 0 Å². The van der Waals surface area contributed by atoms with Crippen LogP contribution < -0.4 is 25.0 Å². The quantitative estimate of drug-likeness (QED) is 0.233. The summed E-state index contributed by atoms with van der Waals surface area (Å²) in [7, 11) is 0. The van der Waals surface area contributed by atoms with E-state index in [0.717, 1.165) is 43.6 Å². The van der Waals surface area contributed by atoms with E-state index in [1.54, 1.807) is 36.7 Å². The Bertz CT molecular complexity index is 1110. The Hall–Kier alpha value is -3.67. The number of alkyl halides is 3. The molecule has 2 aromatic carbocycles. The van der Waals surface area contributed by atoms with Crippen LogP contribution >= 0.6 is 0 Å². The van der Waals surface area contributed by atoms with E-state index < -0.39 is 16.9 Å². The van der Waals surface area contributed by atoms with Crippen LogP contribution in [0.2, 0.25) is 0 Å². The van der Waals surface area contributed by atoms with Crippen LogP contribution in [-0.4, -0.2) is 43.3 Å². The Kier molecular flexibility index (Phi) is 8.50. The average molecular weight is 537 g/mol. The number of hydrogen-bond donors (Lipinski definition) is 2. The minimum atomic E-state index is -4.71. The number of ether oxygens (including phenoxy) is 3. The maximum Gasteiger partial charge on any atom is 0.573 e. The molecule has 38 heavy (non-hydrogen) atoms. The highest BCUT2D eigenvalue weighted by atomic mass is 19.4. The summed E-state index contributed by atoms with van der Waals surface area (Å²) in [5, 5.41) is 17.9. The molecular formula is C26H31F3N4O5. The zero-order valence-corrected chi connectivity index (χ0v) is 21.0. The van der Waals surface area contributed by atoms with Crippen molar-refractivity contribution in [2.24, 2.45) is 5.92 Å². The van der Waals surface area contributed by atoms with Crippen LogP contribution in [0.1, 0.15) is 31.7 Å². The van der Waals surface area contributed by atoms with Crippen LogP contribution in [0.5, 0.6) is 11.5 Å². The van der Waals surface area contributed by atoms with Gasteiger partial charge in [0.05, 0.1) is 11.5 Å². The summed E-state index contributed by atoms with van der Waals surface area (Å²) in [6.07, 6.45) is 1.54. The van der Waals surface area contributed by atoms with Gasteiger partial charge in [-0.1, -0.05) is 12.1 Å². The molecule has 0 unspecified atom stereocenters. The molecular weight excluding hydrogens is 505 g/mol. The summed E-state index contributed by atoms with van der Waals surface area (Å²) < 4.78 is 52.1. The van der Waals surface area contributed by atoms with Gasteiger partial charge in [-0.3, -0.25) is 10.1 Å². The number of halogens is 3. The molecule has 2 N–H and O–H groups in total. The fourth-order valence-electron chi connectivity index (χ4n) is 4.47. The highest BCUT2D eigenvalue weighted by molar-refractivity contribution is 5.60. The highest BCUT2D eigenvalue weighted by Crippen LogP contribution is 2.34. The molecule has 2 aliphatic rings. The van der Waals surface area contributed by atoms with Crippen LogP contribution in [0.25, 0.3) is 0 Å². The van der Waals surface area contributed by atoms with Crippen LogP contribution in [0.3, 0.4) is 0 Å². The molecule has 12 heteroatoms. The molecule has 9 nitrogen and oxygen atoms in total. The average Bonchev–Trinajstić information content (AvgIpc) is 3.32. The molecule has 1 fully saturated rings. The third-order valence-electron chi connectivity index (χ3n) is 6.62. The monoisotopic (exact) mass is 536 g/mol. The first-order chi connectivity index (χ1) is 18.1. The molecule has 0 radical (unpaired) electrons. The lowest BCUT2D eigenvalue weighted by atomic mass is 9.93. The van der Waals surface area contributed by atoms with Gasteiger partial charge in [-0.15, -0.1) is 13.2 Å². The number of nitrogens with one attached hydrogen (secondary N) is 2. The maximum atomic E-state index is 12.3. The van der Waals surface area contributed by atoms with Crippen molar-refractivity contribution in [3.63, 3.8) is 0 Å². The van der Waals surface area contributed by atoms with E-state index in [1.807, 2.05) is 13.0 Å². The first kappa shape index (κ1) is 27.4. The third-order valence-corrected chi connectivity index (χ3v) is 6.62. The smallest absolute Gasteiger partial charge is 0.482 e. The number of nitrogens with zero attached hydrogens (tertiary/aromatic N) is 2. The fraction of sp³-hybridized carbons (Fsp3) is 0.462. The second kappa shape index (κ2) is 11.8. The Balaban J connectivity index is 1.20. The molecule has 0 saturated carbocycles. The summed E-state index contributed by atoms with van der Waals surface area (Å²) in [4.78, 5) is 13.4. The molecule has 1 saturated heterocycles. The topological polar surface area (TPSA) is 98.1 Å². The normalized spacial score (nSPS) is 17.1. The molecule has 4 rings (SSSR count). The van der Waals surface area contributed by atoms with Crippen molar-refractivity contribution in [1.82, 2.24) is 10.6 Å². The molecule has 2 heterocycles. The lowest BCUT2D eigenvalue weighted by molar-refractivity contribution is -0.385. The van der Waals surface area contributed by atoms with Crippen LogP contribution in [-0.2, 0) is 11.3 Å². The van der Waals surface area contributed by atoms with Crippen molar-refractivity contribution in [3.8, 4) is 11.5 Å². The van der Waals surface area contributed by atoms with Crippen molar-refractivity contribution in [2.75, 3.05) is 31.2 Å². The van der Waals surface area contributed by atoms with Crippen LogP contribution in [0.15, 0.2) is 54.9 Å². The van der Waals surface area contributed by atoms with E-state index in [1.165, 1.54) is 12.1 Å². The summed E-state index contributed by atoms with van der Waals surface area (Å²) in [5.74, 6) is 0.434. The summed E-state index contributed by atoms with van der Waals surface area (Å²) in [6, 6.07) is 10.7. The predicted molar refractivity (Wildman–Crippen MR) is 135 cm³/mol. The maximum absolute atomic E-state index is 12.3. The molecule has 206 valence electrons. The number of nitro groups is 1. The number of hydrogen-bond acceptors (Lipinski definition) is 8. The second-order valence-electron chi connectivity index (χ2n) is 9.62. The highest BCUT2D eigenvalue weighted by Gasteiger charge is 2.31.